The van der Waals surface area contributed by atoms with Gasteiger partial charge in [0.1, 0.15) is 12.7 Å². The third-order valence-electron chi connectivity index (χ3n) is 1.65. The van der Waals surface area contributed by atoms with Crippen molar-refractivity contribution in [1.82, 2.24) is 20.1 Å². The molecule has 5 nitrogen and oxygen atoms in total. The minimum atomic E-state index is 0.332. The van der Waals surface area contributed by atoms with E-state index in [0.717, 1.165) is 13.1 Å². The summed E-state index contributed by atoms with van der Waals surface area (Å²) in [6.07, 6.45) is 3.26. The molecular formula is C7H15N5. The molecule has 1 atom stereocenters. The summed E-state index contributed by atoms with van der Waals surface area (Å²) < 4.78 is 1.82. The lowest BCUT2D eigenvalue weighted by molar-refractivity contribution is 0.456. The molecule has 68 valence electrons. The van der Waals surface area contributed by atoms with Crippen molar-refractivity contribution in [3.63, 3.8) is 0 Å². The first kappa shape index (κ1) is 9.15. The molecule has 1 unspecified atom stereocenters. The number of hydrogen-bond acceptors (Lipinski definition) is 4. The summed E-state index contributed by atoms with van der Waals surface area (Å²) in [6, 6.07) is 0.332. The minimum absolute atomic E-state index is 0.332. The summed E-state index contributed by atoms with van der Waals surface area (Å²) in [4.78, 5) is 3.87. The fraction of sp³-hybridized carbons (Fsp3) is 0.714. The summed E-state index contributed by atoms with van der Waals surface area (Å²) in [5.74, 6) is 0. The number of aromatic nitrogens is 3. The van der Waals surface area contributed by atoms with Crippen LogP contribution in [0.5, 0.6) is 0 Å². The highest BCUT2D eigenvalue weighted by Crippen LogP contribution is 1.98. The van der Waals surface area contributed by atoms with E-state index < -0.39 is 0 Å². The summed E-state index contributed by atoms with van der Waals surface area (Å²) in [5, 5.41) is 7.24. The van der Waals surface area contributed by atoms with Crippen LogP contribution < -0.4 is 11.1 Å². The van der Waals surface area contributed by atoms with E-state index in [9.17, 15) is 0 Å². The van der Waals surface area contributed by atoms with E-state index in [0.29, 0.717) is 12.6 Å². The summed E-state index contributed by atoms with van der Waals surface area (Å²) in [5.41, 5.74) is 5.34. The lowest BCUT2D eigenvalue weighted by Crippen LogP contribution is -2.28. The quantitative estimate of drug-likeness (QED) is 0.577. The van der Waals surface area contributed by atoms with E-state index in [2.05, 4.69) is 22.3 Å². The molecule has 1 heterocycles. The number of rotatable bonds is 5. The van der Waals surface area contributed by atoms with Crippen LogP contribution in [0.2, 0.25) is 0 Å². The van der Waals surface area contributed by atoms with E-state index in [1.54, 1.807) is 12.7 Å². The number of nitrogens with zero attached hydrogens (tertiary/aromatic N) is 3. The lowest BCUT2D eigenvalue weighted by Gasteiger charge is -2.11. The minimum Gasteiger partial charge on any atom is -0.329 e. The smallest absolute Gasteiger partial charge is 0.137 e. The van der Waals surface area contributed by atoms with Crippen molar-refractivity contribution in [1.29, 1.82) is 0 Å². The second-order valence-electron chi connectivity index (χ2n) is 2.72. The van der Waals surface area contributed by atoms with Crippen molar-refractivity contribution in [2.45, 2.75) is 13.0 Å². The molecular weight excluding hydrogens is 154 g/mol. The number of nitrogens with two attached hydrogens (primary N) is 1. The van der Waals surface area contributed by atoms with Gasteiger partial charge in [-0.3, -0.25) is 0 Å². The molecule has 0 aromatic carbocycles. The van der Waals surface area contributed by atoms with Crippen LogP contribution in [0.4, 0.5) is 0 Å². The van der Waals surface area contributed by atoms with Gasteiger partial charge < -0.3 is 11.1 Å². The highest BCUT2D eigenvalue weighted by Gasteiger charge is 2.02. The van der Waals surface area contributed by atoms with Crippen LogP contribution in [0.15, 0.2) is 12.7 Å². The van der Waals surface area contributed by atoms with Gasteiger partial charge >= 0.3 is 0 Å². The standard InChI is InChI=1S/C7H15N5/c1-7(4-9-3-2-8)12-6-10-5-11-12/h5-7,9H,2-4,8H2,1H3. The molecule has 0 bridgehead atoms. The van der Waals surface area contributed by atoms with E-state index in [1.165, 1.54) is 0 Å². The maximum Gasteiger partial charge on any atom is 0.137 e. The van der Waals surface area contributed by atoms with Crippen LogP contribution in [0, 0.1) is 0 Å². The van der Waals surface area contributed by atoms with Crippen LogP contribution in [-0.4, -0.2) is 34.4 Å². The van der Waals surface area contributed by atoms with Crippen molar-refractivity contribution in [3.8, 4) is 0 Å². The van der Waals surface area contributed by atoms with Crippen LogP contribution in [0.25, 0.3) is 0 Å². The average molecular weight is 169 g/mol. The first-order chi connectivity index (χ1) is 5.84. The lowest BCUT2D eigenvalue weighted by atomic mass is 10.3. The van der Waals surface area contributed by atoms with Crippen LogP contribution in [0.1, 0.15) is 13.0 Å². The monoisotopic (exact) mass is 169 g/mol. The molecule has 0 spiro atoms. The van der Waals surface area contributed by atoms with Gasteiger partial charge in [0, 0.05) is 19.6 Å². The zero-order chi connectivity index (χ0) is 8.81. The SMILES string of the molecule is CC(CNCCN)n1cncn1. The number of hydrogen-bond donors (Lipinski definition) is 2. The third-order valence-corrected chi connectivity index (χ3v) is 1.65. The third kappa shape index (κ3) is 2.60. The molecule has 3 N–H and O–H groups in total. The van der Waals surface area contributed by atoms with Crippen LogP contribution in [0.3, 0.4) is 0 Å². The van der Waals surface area contributed by atoms with E-state index in [1.807, 2.05) is 4.68 Å². The molecule has 0 fully saturated rings. The van der Waals surface area contributed by atoms with Gasteiger partial charge in [-0.25, -0.2) is 9.67 Å². The molecule has 1 aromatic rings. The van der Waals surface area contributed by atoms with Gasteiger partial charge in [0.05, 0.1) is 6.04 Å². The van der Waals surface area contributed by atoms with Gasteiger partial charge in [-0.05, 0) is 6.92 Å². The van der Waals surface area contributed by atoms with Crippen molar-refractivity contribution in [2.24, 2.45) is 5.73 Å². The molecule has 0 radical (unpaired) electrons. The molecule has 0 amide bonds. The van der Waals surface area contributed by atoms with Crippen LogP contribution >= 0.6 is 0 Å². The largest absolute Gasteiger partial charge is 0.329 e. The predicted molar refractivity (Wildman–Crippen MR) is 46.7 cm³/mol. The maximum atomic E-state index is 5.34. The zero-order valence-corrected chi connectivity index (χ0v) is 7.27. The van der Waals surface area contributed by atoms with Crippen molar-refractivity contribution in [2.75, 3.05) is 19.6 Å². The fourth-order valence-electron chi connectivity index (χ4n) is 0.952. The molecule has 5 heteroatoms. The van der Waals surface area contributed by atoms with Crippen molar-refractivity contribution < 1.29 is 0 Å². The highest BCUT2D eigenvalue weighted by molar-refractivity contribution is 4.66. The summed E-state index contributed by atoms with van der Waals surface area (Å²) in [6.45, 7) is 4.47. The molecule has 12 heavy (non-hydrogen) atoms. The van der Waals surface area contributed by atoms with Gasteiger partial charge in [-0.15, -0.1) is 0 Å². The zero-order valence-electron chi connectivity index (χ0n) is 7.27. The Labute approximate surface area is 72.0 Å². The fourth-order valence-corrected chi connectivity index (χ4v) is 0.952. The predicted octanol–water partition coefficient (Wildman–Crippen LogP) is -0.613. The second kappa shape index (κ2) is 4.84. The van der Waals surface area contributed by atoms with Gasteiger partial charge in [0.25, 0.3) is 0 Å². The normalized spacial score (nSPS) is 13.2. The van der Waals surface area contributed by atoms with E-state index in [-0.39, 0.29) is 0 Å². The Kier molecular flexibility index (Phi) is 3.69. The molecule has 0 aliphatic carbocycles. The second-order valence-corrected chi connectivity index (χ2v) is 2.72. The first-order valence-corrected chi connectivity index (χ1v) is 4.09. The summed E-state index contributed by atoms with van der Waals surface area (Å²) >= 11 is 0. The Balaban J connectivity index is 2.25. The molecule has 0 saturated carbocycles. The molecule has 0 saturated heterocycles. The molecule has 0 aliphatic rings. The molecule has 1 aromatic heterocycles. The average Bonchev–Trinajstić information content (AvgIpc) is 2.56. The molecule has 1 rings (SSSR count). The Morgan fingerprint density at radius 1 is 1.67 bits per heavy atom. The molecule has 0 aliphatic heterocycles. The van der Waals surface area contributed by atoms with Crippen molar-refractivity contribution >= 4 is 0 Å². The Bertz CT molecular complexity index is 196. The van der Waals surface area contributed by atoms with E-state index in [4.69, 9.17) is 5.73 Å². The maximum absolute atomic E-state index is 5.34. The summed E-state index contributed by atoms with van der Waals surface area (Å²) in [7, 11) is 0. The Morgan fingerprint density at radius 3 is 3.08 bits per heavy atom. The van der Waals surface area contributed by atoms with Gasteiger partial charge in [-0.2, -0.15) is 5.10 Å². The topological polar surface area (TPSA) is 68.8 Å². The Morgan fingerprint density at radius 2 is 2.50 bits per heavy atom. The van der Waals surface area contributed by atoms with Gasteiger partial charge in [-0.1, -0.05) is 0 Å². The van der Waals surface area contributed by atoms with E-state index >= 15 is 0 Å². The van der Waals surface area contributed by atoms with Crippen LogP contribution in [-0.2, 0) is 0 Å². The Hall–Kier alpha value is -0.940. The number of nitrogens with one attached hydrogen (secondary N) is 1. The highest BCUT2D eigenvalue weighted by atomic mass is 15.3. The van der Waals surface area contributed by atoms with Crippen molar-refractivity contribution in [3.05, 3.63) is 12.7 Å². The van der Waals surface area contributed by atoms with Gasteiger partial charge in [0.15, 0.2) is 0 Å². The van der Waals surface area contributed by atoms with Gasteiger partial charge in [0.2, 0.25) is 0 Å². The first-order valence-electron chi connectivity index (χ1n) is 4.09.